The highest BCUT2D eigenvalue weighted by atomic mass is 16.2. The predicted octanol–water partition coefficient (Wildman–Crippen LogP) is 0.550. The molecule has 1 saturated heterocycles. The molecule has 5 heteroatoms. The minimum atomic E-state index is 0.0251. The molecule has 1 unspecified atom stereocenters. The Morgan fingerprint density at radius 2 is 2.00 bits per heavy atom. The van der Waals surface area contributed by atoms with Crippen LogP contribution in [0.5, 0.6) is 0 Å². The average molecular weight is 255 g/mol. The summed E-state index contributed by atoms with van der Waals surface area (Å²) < 4.78 is 0. The lowest BCUT2D eigenvalue weighted by molar-refractivity contribution is -0.123. The highest BCUT2D eigenvalue weighted by Gasteiger charge is 2.15. The maximum absolute atomic E-state index is 11.6. The number of rotatable bonds is 6. The van der Waals surface area contributed by atoms with Crippen molar-refractivity contribution in [3.8, 4) is 0 Å². The van der Waals surface area contributed by atoms with Crippen molar-refractivity contribution in [3.05, 3.63) is 0 Å². The van der Waals surface area contributed by atoms with Gasteiger partial charge in [-0.1, -0.05) is 0 Å². The Hall–Kier alpha value is -1.10. The molecule has 3 N–H and O–H groups in total. The second-order valence-corrected chi connectivity index (χ2v) is 5.19. The van der Waals surface area contributed by atoms with Gasteiger partial charge in [0.15, 0.2) is 0 Å². The van der Waals surface area contributed by atoms with Crippen molar-refractivity contribution in [2.75, 3.05) is 13.1 Å². The number of piperidine rings is 1. The van der Waals surface area contributed by atoms with Gasteiger partial charge in [0.05, 0.1) is 0 Å². The summed E-state index contributed by atoms with van der Waals surface area (Å²) in [5.74, 6) is 0.0816. The van der Waals surface area contributed by atoms with Gasteiger partial charge in [-0.05, 0) is 39.7 Å². The molecule has 0 aliphatic carbocycles. The van der Waals surface area contributed by atoms with Gasteiger partial charge in [-0.25, -0.2) is 0 Å². The number of amides is 2. The summed E-state index contributed by atoms with van der Waals surface area (Å²) in [5, 5.41) is 9.07. The molecule has 0 spiro atoms. The Labute approximate surface area is 109 Å². The minimum Gasteiger partial charge on any atom is -0.354 e. The fourth-order valence-corrected chi connectivity index (χ4v) is 2.08. The van der Waals surface area contributed by atoms with Crippen molar-refractivity contribution in [1.82, 2.24) is 16.0 Å². The SMILES string of the molecule is CC(C)NC(=O)CCCC(=O)NC1CCCNC1. The highest BCUT2D eigenvalue weighted by Crippen LogP contribution is 2.03. The van der Waals surface area contributed by atoms with Gasteiger partial charge in [0.25, 0.3) is 0 Å². The van der Waals surface area contributed by atoms with Crippen molar-refractivity contribution in [2.24, 2.45) is 0 Å². The summed E-state index contributed by atoms with van der Waals surface area (Å²) in [6.45, 7) is 5.77. The van der Waals surface area contributed by atoms with E-state index in [1.165, 1.54) is 0 Å². The third-order valence-electron chi connectivity index (χ3n) is 2.92. The van der Waals surface area contributed by atoms with Crippen LogP contribution in [0.15, 0.2) is 0 Å². The first kappa shape index (κ1) is 15.0. The molecule has 1 heterocycles. The van der Waals surface area contributed by atoms with E-state index >= 15 is 0 Å². The second kappa shape index (κ2) is 8.08. The van der Waals surface area contributed by atoms with E-state index in [0.717, 1.165) is 25.9 Å². The van der Waals surface area contributed by atoms with Crippen molar-refractivity contribution >= 4 is 11.8 Å². The van der Waals surface area contributed by atoms with Gasteiger partial charge in [-0.2, -0.15) is 0 Å². The third-order valence-corrected chi connectivity index (χ3v) is 2.92. The number of carbonyl (C=O) groups excluding carboxylic acids is 2. The molecule has 1 aliphatic heterocycles. The maximum Gasteiger partial charge on any atom is 0.220 e. The Kier molecular flexibility index (Phi) is 6.72. The summed E-state index contributed by atoms with van der Waals surface area (Å²) in [6.07, 6.45) is 3.63. The molecule has 2 amide bonds. The van der Waals surface area contributed by atoms with Crippen LogP contribution in [0.2, 0.25) is 0 Å². The molecule has 18 heavy (non-hydrogen) atoms. The minimum absolute atomic E-state index is 0.0251. The van der Waals surface area contributed by atoms with Crippen LogP contribution in [0.1, 0.15) is 46.0 Å². The van der Waals surface area contributed by atoms with E-state index in [1.807, 2.05) is 13.8 Å². The molecule has 1 atom stereocenters. The molecule has 0 aromatic heterocycles. The van der Waals surface area contributed by atoms with Crippen LogP contribution >= 0.6 is 0 Å². The van der Waals surface area contributed by atoms with Crippen LogP contribution < -0.4 is 16.0 Å². The summed E-state index contributed by atoms with van der Waals surface area (Å²) in [5.41, 5.74) is 0. The van der Waals surface area contributed by atoms with Gasteiger partial charge in [-0.15, -0.1) is 0 Å². The van der Waals surface area contributed by atoms with Gasteiger partial charge < -0.3 is 16.0 Å². The van der Waals surface area contributed by atoms with Crippen LogP contribution in [0.4, 0.5) is 0 Å². The van der Waals surface area contributed by atoms with Gasteiger partial charge >= 0.3 is 0 Å². The first-order chi connectivity index (χ1) is 8.58. The van der Waals surface area contributed by atoms with Gasteiger partial charge in [-0.3, -0.25) is 9.59 Å². The number of hydrogen-bond donors (Lipinski definition) is 3. The summed E-state index contributed by atoms with van der Waals surface area (Å²) in [4.78, 5) is 23.0. The fourth-order valence-electron chi connectivity index (χ4n) is 2.08. The van der Waals surface area contributed by atoms with E-state index < -0.39 is 0 Å². The molecule has 1 aliphatic rings. The van der Waals surface area contributed by atoms with Crippen molar-refractivity contribution in [2.45, 2.75) is 58.0 Å². The lowest BCUT2D eigenvalue weighted by Crippen LogP contribution is -2.45. The first-order valence-electron chi connectivity index (χ1n) is 6.87. The molecule has 0 bridgehead atoms. The molecule has 0 saturated carbocycles. The van der Waals surface area contributed by atoms with E-state index in [2.05, 4.69) is 16.0 Å². The zero-order valence-electron chi connectivity index (χ0n) is 11.4. The van der Waals surface area contributed by atoms with Gasteiger partial charge in [0, 0.05) is 31.5 Å². The van der Waals surface area contributed by atoms with E-state index in [1.54, 1.807) is 0 Å². The van der Waals surface area contributed by atoms with E-state index in [-0.39, 0.29) is 23.9 Å². The molecule has 0 aromatic carbocycles. The molecule has 0 aromatic rings. The quantitative estimate of drug-likeness (QED) is 0.649. The number of nitrogens with one attached hydrogen (secondary N) is 3. The molecule has 1 rings (SSSR count). The van der Waals surface area contributed by atoms with Crippen LogP contribution in [-0.2, 0) is 9.59 Å². The normalized spacial score (nSPS) is 19.6. The molecular formula is C13H25N3O2. The van der Waals surface area contributed by atoms with E-state index in [4.69, 9.17) is 0 Å². The zero-order valence-corrected chi connectivity index (χ0v) is 11.4. The third kappa shape index (κ3) is 6.59. The van der Waals surface area contributed by atoms with Crippen molar-refractivity contribution in [3.63, 3.8) is 0 Å². The predicted molar refractivity (Wildman–Crippen MR) is 71.2 cm³/mol. The van der Waals surface area contributed by atoms with Crippen molar-refractivity contribution < 1.29 is 9.59 Å². The van der Waals surface area contributed by atoms with Crippen molar-refractivity contribution in [1.29, 1.82) is 0 Å². The van der Waals surface area contributed by atoms with Gasteiger partial charge in [0.2, 0.25) is 11.8 Å². The second-order valence-electron chi connectivity index (χ2n) is 5.19. The van der Waals surface area contributed by atoms with E-state index in [0.29, 0.717) is 19.3 Å². The standard InChI is InChI=1S/C13H25N3O2/c1-10(2)15-12(17)6-3-7-13(18)16-11-5-4-8-14-9-11/h10-11,14H,3-9H2,1-2H3,(H,15,17)(H,16,18). The van der Waals surface area contributed by atoms with Crippen LogP contribution in [0.3, 0.4) is 0 Å². The summed E-state index contributed by atoms with van der Waals surface area (Å²) in [7, 11) is 0. The Balaban J connectivity index is 2.07. The molecule has 1 fully saturated rings. The van der Waals surface area contributed by atoms with E-state index in [9.17, 15) is 9.59 Å². The largest absolute Gasteiger partial charge is 0.354 e. The fraction of sp³-hybridized carbons (Fsp3) is 0.846. The lowest BCUT2D eigenvalue weighted by Gasteiger charge is -2.23. The smallest absolute Gasteiger partial charge is 0.220 e. The Bertz CT molecular complexity index is 273. The highest BCUT2D eigenvalue weighted by molar-refractivity contribution is 5.79. The molecule has 104 valence electrons. The van der Waals surface area contributed by atoms with Gasteiger partial charge in [0.1, 0.15) is 0 Å². The average Bonchev–Trinajstić information content (AvgIpc) is 2.29. The Morgan fingerprint density at radius 1 is 1.28 bits per heavy atom. The van der Waals surface area contributed by atoms with Crippen LogP contribution in [-0.4, -0.2) is 37.0 Å². The zero-order chi connectivity index (χ0) is 13.4. The monoisotopic (exact) mass is 255 g/mol. The van der Waals surface area contributed by atoms with Crippen LogP contribution in [0, 0.1) is 0 Å². The first-order valence-corrected chi connectivity index (χ1v) is 6.87. The topological polar surface area (TPSA) is 70.2 Å². The summed E-state index contributed by atoms with van der Waals surface area (Å²) >= 11 is 0. The van der Waals surface area contributed by atoms with Crippen LogP contribution in [0.25, 0.3) is 0 Å². The number of hydrogen-bond acceptors (Lipinski definition) is 3. The molecule has 5 nitrogen and oxygen atoms in total. The molecular weight excluding hydrogens is 230 g/mol. The lowest BCUT2D eigenvalue weighted by atomic mass is 10.1. The molecule has 0 radical (unpaired) electrons. The summed E-state index contributed by atoms with van der Waals surface area (Å²) in [6, 6.07) is 0.426. The number of carbonyl (C=O) groups is 2. The Morgan fingerprint density at radius 3 is 2.61 bits per heavy atom. The maximum atomic E-state index is 11.6.